The van der Waals surface area contributed by atoms with Gasteiger partial charge in [0, 0.05) is 5.57 Å². The molecular formula is C18H20O3. The summed E-state index contributed by atoms with van der Waals surface area (Å²) in [5.74, 6) is 2.42. The molecule has 1 aromatic carbocycles. The zero-order chi connectivity index (χ0) is 14.7. The molecule has 0 N–H and O–H groups in total. The van der Waals surface area contributed by atoms with E-state index in [-0.39, 0.29) is 5.78 Å². The van der Waals surface area contributed by atoms with Crippen LogP contribution in [0, 0.1) is 5.92 Å². The van der Waals surface area contributed by atoms with Gasteiger partial charge in [-0.2, -0.15) is 0 Å². The van der Waals surface area contributed by atoms with Crippen molar-refractivity contribution in [3.8, 4) is 11.5 Å². The molecule has 0 fully saturated rings. The van der Waals surface area contributed by atoms with Crippen molar-refractivity contribution in [3.63, 3.8) is 0 Å². The highest BCUT2D eigenvalue weighted by atomic mass is 16.7. The number of aryl methyl sites for hydroxylation is 1. The fourth-order valence-electron chi connectivity index (χ4n) is 2.80. The van der Waals surface area contributed by atoms with Gasteiger partial charge in [-0.15, -0.1) is 0 Å². The molecular weight excluding hydrogens is 264 g/mol. The standard InChI is InChI=1S/C18H20O3/c1-13(19)16-8-5-14(6-9-16)3-2-4-15-7-10-17-18(11-15)21-12-20-17/h5,7-11,14H,2-4,6,12H2,1H3. The first-order valence-electron chi connectivity index (χ1n) is 7.50. The van der Waals surface area contributed by atoms with Gasteiger partial charge in [0.25, 0.3) is 0 Å². The summed E-state index contributed by atoms with van der Waals surface area (Å²) in [7, 11) is 0. The summed E-state index contributed by atoms with van der Waals surface area (Å²) >= 11 is 0. The molecule has 3 nitrogen and oxygen atoms in total. The minimum atomic E-state index is 0.157. The van der Waals surface area contributed by atoms with Gasteiger partial charge < -0.3 is 9.47 Å². The first kappa shape index (κ1) is 13.9. The number of rotatable bonds is 5. The Bertz CT molecular complexity index is 598. The van der Waals surface area contributed by atoms with E-state index in [9.17, 15) is 4.79 Å². The summed E-state index contributed by atoms with van der Waals surface area (Å²) < 4.78 is 10.7. The van der Waals surface area contributed by atoms with Gasteiger partial charge in [0.05, 0.1) is 0 Å². The predicted molar refractivity (Wildman–Crippen MR) is 81.5 cm³/mol. The van der Waals surface area contributed by atoms with Crippen molar-refractivity contribution < 1.29 is 14.3 Å². The normalized spacial score (nSPS) is 19.5. The van der Waals surface area contributed by atoms with Crippen molar-refractivity contribution in [2.75, 3.05) is 6.79 Å². The highest BCUT2D eigenvalue weighted by Gasteiger charge is 2.14. The molecule has 0 saturated carbocycles. The van der Waals surface area contributed by atoms with E-state index in [0.717, 1.165) is 42.8 Å². The van der Waals surface area contributed by atoms with E-state index < -0.39 is 0 Å². The van der Waals surface area contributed by atoms with Crippen molar-refractivity contribution in [2.45, 2.75) is 32.6 Å². The lowest BCUT2D eigenvalue weighted by Crippen LogP contribution is -2.04. The topological polar surface area (TPSA) is 35.5 Å². The highest BCUT2D eigenvalue weighted by molar-refractivity contribution is 5.96. The minimum Gasteiger partial charge on any atom is -0.454 e. The Morgan fingerprint density at radius 2 is 2.14 bits per heavy atom. The molecule has 21 heavy (non-hydrogen) atoms. The summed E-state index contributed by atoms with van der Waals surface area (Å²) in [5.41, 5.74) is 2.14. The maximum absolute atomic E-state index is 11.3. The molecule has 0 radical (unpaired) electrons. The van der Waals surface area contributed by atoms with E-state index in [1.165, 1.54) is 5.56 Å². The second kappa shape index (κ2) is 6.17. The molecule has 1 aliphatic carbocycles. The Labute approximate surface area is 125 Å². The monoisotopic (exact) mass is 284 g/mol. The molecule has 0 aromatic heterocycles. The SMILES string of the molecule is CC(=O)C1=CCC(CCCc2ccc3c(c2)OCO3)C=C1. The predicted octanol–water partition coefficient (Wildman–Crippen LogP) is 3.83. The highest BCUT2D eigenvalue weighted by Crippen LogP contribution is 2.33. The van der Waals surface area contributed by atoms with E-state index >= 15 is 0 Å². The van der Waals surface area contributed by atoms with Crippen LogP contribution in [-0.2, 0) is 11.2 Å². The number of carbonyl (C=O) groups is 1. The van der Waals surface area contributed by atoms with Crippen LogP contribution >= 0.6 is 0 Å². The molecule has 1 unspecified atom stereocenters. The molecule has 0 bridgehead atoms. The third-order valence-corrected chi connectivity index (χ3v) is 4.07. The van der Waals surface area contributed by atoms with Crippen molar-refractivity contribution >= 4 is 5.78 Å². The summed E-state index contributed by atoms with van der Waals surface area (Å²) in [6, 6.07) is 6.17. The first-order chi connectivity index (χ1) is 10.2. The molecule has 2 aliphatic rings. The number of ketones is 1. The van der Waals surface area contributed by atoms with E-state index in [4.69, 9.17) is 9.47 Å². The number of ether oxygens (including phenoxy) is 2. The van der Waals surface area contributed by atoms with Crippen LogP contribution in [0.4, 0.5) is 0 Å². The molecule has 1 heterocycles. The number of hydrogen-bond donors (Lipinski definition) is 0. The first-order valence-corrected chi connectivity index (χ1v) is 7.50. The molecule has 0 amide bonds. The van der Waals surface area contributed by atoms with Gasteiger partial charge in [0.1, 0.15) is 0 Å². The number of carbonyl (C=O) groups excluding carboxylic acids is 1. The number of fused-ring (bicyclic) bond motifs is 1. The fourth-order valence-corrected chi connectivity index (χ4v) is 2.80. The van der Waals surface area contributed by atoms with Crippen LogP contribution in [0.3, 0.4) is 0 Å². The summed E-state index contributed by atoms with van der Waals surface area (Å²) in [4.78, 5) is 11.3. The summed E-state index contributed by atoms with van der Waals surface area (Å²) in [6.07, 6.45) is 10.5. The third kappa shape index (κ3) is 3.35. The summed E-state index contributed by atoms with van der Waals surface area (Å²) in [5, 5.41) is 0. The van der Waals surface area contributed by atoms with Crippen LogP contribution in [0.5, 0.6) is 11.5 Å². The zero-order valence-corrected chi connectivity index (χ0v) is 12.3. The number of allylic oxidation sites excluding steroid dienone is 4. The minimum absolute atomic E-state index is 0.157. The second-order valence-electron chi connectivity index (χ2n) is 5.65. The molecule has 1 aromatic rings. The Morgan fingerprint density at radius 1 is 1.29 bits per heavy atom. The van der Waals surface area contributed by atoms with Crippen molar-refractivity contribution in [2.24, 2.45) is 5.92 Å². The lowest BCUT2D eigenvalue weighted by molar-refractivity contribution is -0.113. The quantitative estimate of drug-likeness (QED) is 0.824. The van der Waals surface area contributed by atoms with E-state index in [1.807, 2.05) is 12.1 Å². The average Bonchev–Trinajstić information content (AvgIpc) is 2.95. The van der Waals surface area contributed by atoms with Crippen molar-refractivity contribution in [3.05, 3.63) is 47.6 Å². The lowest BCUT2D eigenvalue weighted by Gasteiger charge is -2.15. The van der Waals surface area contributed by atoms with Crippen LogP contribution in [0.2, 0.25) is 0 Å². The van der Waals surface area contributed by atoms with Gasteiger partial charge in [-0.1, -0.05) is 24.3 Å². The van der Waals surface area contributed by atoms with Crippen LogP contribution < -0.4 is 9.47 Å². The largest absolute Gasteiger partial charge is 0.454 e. The Kier molecular flexibility index (Phi) is 4.09. The zero-order valence-electron chi connectivity index (χ0n) is 12.3. The van der Waals surface area contributed by atoms with Crippen molar-refractivity contribution in [1.82, 2.24) is 0 Å². The van der Waals surface area contributed by atoms with Crippen LogP contribution in [0.1, 0.15) is 31.7 Å². The van der Waals surface area contributed by atoms with Gasteiger partial charge in [-0.25, -0.2) is 0 Å². The van der Waals surface area contributed by atoms with Gasteiger partial charge in [-0.05, 0) is 56.2 Å². The van der Waals surface area contributed by atoms with Gasteiger partial charge >= 0.3 is 0 Å². The lowest BCUT2D eigenvalue weighted by atomic mass is 9.90. The smallest absolute Gasteiger partial charge is 0.231 e. The second-order valence-corrected chi connectivity index (χ2v) is 5.65. The molecule has 1 atom stereocenters. The number of benzene rings is 1. The Hall–Kier alpha value is -2.03. The molecule has 110 valence electrons. The molecule has 1 aliphatic heterocycles. The summed E-state index contributed by atoms with van der Waals surface area (Å²) in [6.45, 7) is 1.95. The molecule has 3 heteroatoms. The van der Waals surface area contributed by atoms with Gasteiger partial charge in [0.2, 0.25) is 6.79 Å². The number of Topliss-reactive ketones (excluding diaryl/α,β-unsaturated/α-hetero) is 1. The average molecular weight is 284 g/mol. The van der Waals surface area contributed by atoms with E-state index in [1.54, 1.807) is 6.92 Å². The van der Waals surface area contributed by atoms with Crippen LogP contribution in [-0.4, -0.2) is 12.6 Å². The Balaban J connectivity index is 1.47. The van der Waals surface area contributed by atoms with Gasteiger partial charge in [-0.3, -0.25) is 4.79 Å². The van der Waals surface area contributed by atoms with Crippen LogP contribution in [0.25, 0.3) is 0 Å². The molecule has 0 spiro atoms. The van der Waals surface area contributed by atoms with Gasteiger partial charge in [0.15, 0.2) is 17.3 Å². The number of hydrogen-bond acceptors (Lipinski definition) is 3. The Morgan fingerprint density at radius 3 is 2.90 bits per heavy atom. The van der Waals surface area contributed by atoms with E-state index in [2.05, 4.69) is 24.3 Å². The molecule has 3 rings (SSSR count). The maximum Gasteiger partial charge on any atom is 0.231 e. The van der Waals surface area contributed by atoms with E-state index in [0.29, 0.717) is 12.7 Å². The maximum atomic E-state index is 11.3. The van der Waals surface area contributed by atoms with Crippen LogP contribution in [0.15, 0.2) is 42.0 Å². The van der Waals surface area contributed by atoms with Crippen molar-refractivity contribution in [1.29, 1.82) is 0 Å². The third-order valence-electron chi connectivity index (χ3n) is 4.07. The fraction of sp³-hybridized carbons (Fsp3) is 0.389. The molecule has 0 saturated heterocycles.